The zero-order valence-electron chi connectivity index (χ0n) is 11.8. The average Bonchev–Trinajstić information content (AvgIpc) is 2.89. The van der Waals surface area contributed by atoms with E-state index in [9.17, 15) is 0 Å². The van der Waals surface area contributed by atoms with Gasteiger partial charge in [-0.3, -0.25) is 0 Å². The molecular weight excluding hydrogens is 276 g/mol. The first-order valence-electron chi connectivity index (χ1n) is 7.18. The van der Waals surface area contributed by atoms with Gasteiger partial charge in [0.1, 0.15) is 0 Å². The lowest BCUT2D eigenvalue weighted by Gasteiger charge is -2.30. The fraction of sp³-hybridized carbons (Fsp3) is 0.846. The molecule has 1 saturated heterocycles. The minimum absolute atomic E-state index is 0.388. The van der Waals surface area contributed by atoms with Gasteiger partial charge in [-0.05, 0) is 19.4 Å². The molecule has 2 atom stereocenters. The summed E-state index contributed by atoms with van der Waals surface area (Å²) in [5, 5.41) is 12.7. The van der Waals surface area contributed by atoms with Crippen molar-refractivity contribution in [2.75, 3.05) is 23.8 Å². The van der Waals surface area contributed by atoms with Crippen LogP contribution in [0, 0.1) is 0 Å². The summed E-state index contributed by atoms with van der Waals surface area (Å²) in [7, 11) is 0. The van der Waals surface area contributed by atoms with Crippen LogP contribution in [0.1, 0.15) is 38.4 Å². The lowest BCUT2D eigenvalue weighted by Crippen LogP contribution is -2.35. The minimum atomic E-state index is 0.388. The maximum Gasteiger partial charge on any atom is 0.0768 e. The maximum atomic E-state index is 4.24. The van der Waals surface area contributed by atoms with Crippen LogP contribution in [0.25, 0.3) is 0 Å². The molecule has 0 aromatic carbocycles. The summed E-state index contributed by atoms with van der Waals surface area (Å²) in [5.41, 5.74) is 1.26. The third kappa shape index (κ3) is 4.13. The molecular formula is C13H24N4S2. The summed E-state index contributed by atoms with van der Waals surface area (Å²) in [4.78, 5) is 0. The van der Waals surface area contributed by atoms with E-state index in [0.717, 1.165) is 25.9 Å². The molecule has 1 aliphatic rings. The van der Waals surface area contributed by atoms with Crippen LogP contribution >= 0.6 is 23.5 Å². The summed E-state index contributed by atoms with van der Waals surface area (Å²) in [6, 6.07) is 0.388. The quantitative estimate of drug-likeness (QED) is 0.838. The number of nitrogens with zero attached hydrogens (tertiary/aromatic N) is 3. The van der Waals surface area contributed by atoms with Crippen molar-refractivity contribution in [3.8, 4) is 0 Å². The maximum absolute atomic E-state index is 4.24. The molecule has 1 aromatic rings. The smallest absolute Gasteiger partial charge is 0.0768 e. The van der Waals surface area contributed by atoms with E-state index in [0.29, 0.717) is 11.3 Å². The van der Waals surface area contributed by atoms with E-state index in [1.807, 2.05) is 6.20 Å². The van der Waals surface area contributed by atoms with Gasteiger partial charge in [-0.25, -0.2) is 4.68 Å². The van der Waals surface area contributed by atoms with Gasteiger partial charge >= 0.3 is 0 Å². The number of aryl methyl sites for hydroxylation is 1. The van der Waals surface area contributed by atoms with Crippen molar-refractivity contribution >= 4 is 23.5 Å². The summed E-state index contributed by atoms with van der Waals surface area (Å²) >= 11 is 4.16. The summed E-state index contributed by atoms with van der Waals surface area (Å²) in [6.45, 7) is 6.42. The third-order valence-electron chi connectivity index (χ3n) is 3.23. The number of hydrogen-bond donors (Lipinski definition) is 1. The van der Waals surface area contributed by atoms with E-state index < -0.39 is 0 Å². The highest BCUT2D eigenvalue weighted by molar-refractivity contribution is 8.06. The first-order chi connectivity index (χ1) is 9.36. The number of aromatic nitrogens is 3. The molecule has 0 aliphatic carbocycles. The number of rotatable bonds is 7. The molecule has 0 amide bonds. The second-order valence-corrected chi connectivity index (χ2v) is 7.29. The zero-order chi connectivity index (χ0) is 13.5. The van der Waals surface area contributed by atoms with Gasteiger partial charge in [0.25, 0.3) is 0 Å². The van der Waals surface area contributed by atoms with Gasteiger partial charge in [-0.1, -0.05) is 19.1 Å². The van der Waals surface area contributed by atoms with Gasteiger partial charge in [0.15, 0.2) is 0 Å². The molecule has 19 heavy (non-hydrogen) atoms. The van der Waals surface area contributed by atoms with Gasteiger partial charge in [0.05, 0.1) is 17.9 Å². The molecule has 0 radical (unpaired) electrons. The molecule has 1 fully saturated rings. The number of hydrogen-bond acceptors (Lipinski definition) is 5. The van der Waals surface area contributed by atoms with Gasteiger partial charge < -0.3 is 5.32 Å². The van der Waals surface area contributed by atoms with Crippen molar-refractivity contribution in [2.24, 2.45) is 0 Å². The van der Waals surface area contributed by atoms with E-state index in [4.69, 9.17) is 0 Å². The van der Waals surface area contributed by atoms with Crippen molar-refractivity contribution in [3.05, 3.63) is 11.9 Å². The number of nitrogens with one attached hydrogen (secondary N) is 1. The van der Waals surface area contributed by atoms with Crippen molar-refractivity contribution in [1.82, 2.24) is 20.3 Å². The fourth-order valence-electron chi connectivity index (χ4n) is 2.32. The van der Waals surface area contributed by atoms with Gasteiger partial charge in [0, 0.05) is 29.1 Å². The summed E-state index contributed by atoms with van der Waals surface area (Å²) in [6.07, 6.45) is 4.21. The highest BCUT2D eigenvalue weighted by atomic mass is 32.2. The molecule has 2 rings (SSSR count). The minimum Gasteiger partial charge on any atom is -0.308 e. The second kappa shape index (κ2) is 8.17. The Morgan fingerprint density at radius 2 is 2.32 bits per heavy atom. The number of thioether (sulfide) groups is 2. The van der Waals surface area contributed by atoms with Crippen LogP contribution in [-0.4, -0.2) is 44.0 Å². The Bertz CT molecular complexity index is 363. The monoisotopic (exact) mass is 300 g/mol. The Kier molecular flexibility index (Phi) is 6.53. The second-order valence-electron chi connectivity index (χ2n) is 4.80. The highest BCUT2D eigenvalue weighted by Gasteiger charge is 2.28. The Balaban J connectivity index is 2.12. The summed E-state index contributed by atoms with van der Waals surface area (Å²) in [5.74, 6) is 3.77. The van der Waals surface area contributed by atoms with Crippen LogP contribution in [-0.2, 0) is 6.54 Å². The van der Waals surface area contributed by atoms with E-state index in [1.165, 1.54) is 23.0 Å². The zero-order valence-corrected chi connectivity index (χ0v) is 13.5. The lowest BCUT2D eigenvalue weighted by atomic mass is 10.1. The molecule has 0 spiro atoms. The highest BCUT2D eigenvalue weighted by Crippen LogP contribution is 2.33. The first kappa shape index (κ1) is 15.2. The van der Waals surface area contributed by atoms with Gasteiger partial charge in [0.2, 0.25) is 0 Å². The molecule has 2 heterocycles. The van der Waals surface area contributed by atoms with Crippen LogP contribution < -0.4 is 5.32 Å². The molecule has 4 nitrogen and oxygen atoms in total. The topological polar surface area (TPSA) is 42.7 Å². The molecule has 0 saturated carbocycles. The molecule has 108 valence electrons. The third-order valence-corrected chi connectivity index (χ3v) is 6.09. The largest absolute Gasteiger partial charge is 0.308 e. The van der Waals surface area contributed by atoms with E-state index in [-0.39, 0.29) is 0 Å². The Labute approximate surface area is 124 Å². The predicted octanol–water partition coefficient (Wildman–Crippen LogP) is 2.58. The van der Waals surface area contributed by atoms with Crippen LogP contribution in [0.15, 0.2) is 6.20 Å². The van der Waals surface area contributed by atoms with E-state index >= 15 is 0 Å². The van der Waals surface area contributed by atoms with E-state index in [2.05, 4.69) is 57.7 Å². The van der Waals surface area contributed by atoms with Crippen molar-refractivity contribution < 1.29 is 0 Å². The Morgan fingerprint density at radius 1 is 1.42 bits per heavy atom. The molecule has 6 heteroatoms. The van der Waals surface area contributed by atoms with Crippen LogP contribution in [0.3, 0.4) is 0 Å². The Morgan fingerprint density at radius 3 is 3.00 bits per heavy atom. The van der Waals surface area contributed by atoms with Gasteiger partial charge in [-0.15, -0.1) is 5.10 Å². The van der Waals surface area contributed by atoms with Crippen LogP contribution in [0.4, 0.5) is 0 Å². The fourth-order valence-corrected chi connectivity index (χ4v) is 5.17. The van der Waals surface area contributed by atoms with Crippen molar-refractivity contribution in [1.29, 1.82) is 0 Å². The van der Waals surface area contributed by atoms with Crippen LogP contribution in [0.2, 0.25) is 0 Å². The van der Waals surface area contributed by atoms with Crippen molar-refractivity contribution in [3.63, 3.8) is 0 Å². The van der Waals surface area contributed by atoms with Crippen molar-refractivity contribution in [2.45, 2.75) is 44.5 Å². The van der Waals surface area contributed by atoms with Gasteiger partial charge in [-0.2, -0.15) is 23.5 Å². The molecule has 1 N–H and O–H groups in total. The predicted molar refractivity (Wildman–Crippen MR) is 84.9 cm³/mol. The molecule has 1 aliphatic heterocycles. The summed E-state index contributed by atoms with van der Waals surface area (Å²) < 4.78 is 2.08. The first-order valence-corrected chi connectivity index (χ1v) is 9.38. The molecule has 2 unspecified atom stereocenters. The van der Waals surface area contributed by atoms with Crippen LogP contribution in [0.5, 0.6) is 0 Å². The standard InChI is InChI=1S/C13H24N4S2/c1-3-5-14-13(12-10-18-7-8-19-12)11-9-15-16-17(11)6-4-2/h9,12-14H,3-8,10H2,1-2H3. The molecule has 1 aromatic heterocycles. The van der Waals surface area contributed by atoms with E-state index in [1.54, 1.807) is 0 Å². The molecule has 0 bridgehead atoms. The lowest BCUT2D eigenvalue weighted by molar-refractivity contribution is 0.466. The SMILES string of the molecule is CCCNC(c1cnnn1CCC)C1CSCCS1. The Hall–Kier alpha value is -0.200. The normalized spacial score (nSPS) is 21.5. The average molecular weight is 300 g/mol.